The maximum Gasteiger partial charge on any atom is 0.414 e. The van der Waals surface area contributed by atoms with E-state index in [0.717, 1.165) is 22.6 Å². The zero-order valence-electron chi connectivity index (χ0n) is 13.9. The molecule has 0 atom stereocenters. The maximum atomic E-state index is 12.3. The number of hydrogen-bond acceptors (Lipinski definition) is 5. The van der Waals surface area contributed by atoms with E-state index in [0.29, 0.717) is 23.7 Å². The van der Waals surface area contributed by atoms with E-state index < -0.39 is 6.09 Å². The molecule has 26 heavy (non-hydrogen) atoms. The number of benzene rings is 2. The first-order chi connectivity index (χ1) is 12.8. The topological polar surface area (TPSA) is 73.4 Å². The molecule has 1 amide bonds. The number of ether oxygens (including phenoxy) is 1. The van der Waals surface area contributed by atoms with Gasteiger partial charge in [-0.3, -0.25) is 9.47 Å². The first-order valence-corrected chi connectivity index (χ1v) is 8.13. The lowest BCUT2D eigenvalue weighted by molar-refractivity contribution is 0.178. The number of amides is 1. The van der Waals surface area contributed by atoms with Crippen LogP contribution in [-0.4, -0.2) is 27.7 Å². The molecule has 3 heterocycles. The zero-order valence-corrected chi connectivity index (χ0v) is 13.9. The minimum absolute atomic E-state index is 0.317. The summed E-state index contributed by atoms with van der Waals surface area (Å²) in [5, 5.41) is 0. The van der Waals surface area contributed by atoms with Gasteiger partial charge in [0, 0.05) is 0 Å². The number of rotatable bonds is 1. The van der Waals surface area contributed by atoms with Crippen molar-refractivity contribution in [2.24, 2.45) is 0 Å². The quantitative estimate of drug-likeness (QED) is 0.524. The van der Waals surface area contributed by atoms with Gasteiger partial charge >= 0.3 is 6.09 Å². The fourth-order valence-corrected chi connectivity index (χ4v) is 3.29. The standard InChI is InChI=1S/C19H14N4O3/c1-25-19(24)22-10-15-17(18-21-12-6-2-5-9-16(12)26-18)20-11-23(15)14-8-4-3-7-13(14)22/h2-9,11H,10H2,1H3. The van der Waals surface area contributed by atoms with E-state index in [-0.39, 0.29) is 0 Å². The summed E-state index contributed by atoms with van der Waals surface area (Å²) in [5.41, 5.74) is 4.53. The number of methoxy groups -OCH3 is 1. The Morgan fingerprint density at radius 1 is 1.12 bits per heavy atom. The average molecular weight is 346 g/mol. The summed E-state index contributed by atoms with van der Waals surface area (Å²) in [5.74, 6) is 0.434. The summed E-state index contributed by atoms with van der Waals surface area (Å²) in [6.45, 7) is 0.317. The highest BCUT2D eigenvalue weighted by atomic mass is 16.5. The first kappa shape index (κ1) is 14.7. The lowest BCUT2D eigenvalue weighted by Crippen LogP contribution is -2.34. The highest BCUT2D eigenvalue weighted by Gasteiger charge is 2.30. The summed E-state index contributed by atoms with van der Waals surface area (Å²) in [7, 11) is 1.37. The number of nitrogens with zero attached hydrogens (tertiary/aromatic N) is 4. The van der Waals surface area contributed by atoms with Gasteiger partial charge in [-0.2, -0.15) is 0 Å². The number of carbonyl (C=O) groups is 1. The van der Waals surface area contributed by atoms with Crippen molar-refractivity contribution in [3.63, 3.8) is 0 Å². The largest absolute Gasteiger partial charge is 0.452 e. The van der Waals surface area contributed by atoms with Crippen molar-refractivity contribution in [3.8, 4) is 17.3 Å². The molecule has 0 saturated carbocycles. The molecule has 7 heteroatoms. The van der Waals surface area contributed by atoms with E-state index in [1.54, 1.807) is 11.2 Å². The summed E-state index contributed by atoms with van der Waals surface area (Å²) < 4.78 is 12.8. The molecule has 4 aromatic rings. The molecular weight excluding hydrogens is 332 g/mol. The van der Waals surface area contributed by atoms with Crippen molar-refractivity contribution < 1.29 is 13.9 Å². The van der Waals surface area contributed by atoms with Crippen molar-refractivity contribution in [1.82, 2.24) is 14.5 Å². The van der Waals surface area contributed by atoms with Crippen LogP contribution in [0.25, 0.3) is 28.4 Å². The highest BCUT2D eigenvalue weighted by Crippen LogP contribution is 2.36. The smallest absolute Gasteiger partial charge is 0.414 e. The van der Waals surface area contributed by atoms with Crippen LogP contribution >= 0.6 is 0 Å². The van der Waals surface area contributed by atoms with Gasteiger partial charge in [-0.1, -0.05) is 24.3 Å². The van der Waals surface area contributed by atoms with Crippen molar-refractivity contribution in [2.75, 3.05) is 12.0 Å². The lowest BCUT2D eigenvalue weighted by atomic mass is 10.1. The molecule has 1 aliphatic rings. The van der Waals surface area contributed by atoms with Gasteiger partial charge in [0.05, 0.1) is 30.7 Å². The van der Waals surface area contributed by atoms with Gasteiger partial charge in [0.25, 0.3) is 0 Å². The second-order valence-electron chi connectivity index (χ2n) is 5.94. The number of aromatic nitrogens is 3. The van der Waals surface area contributed by atoms with E-state index in [1.807, 2.05) is 53.1 Å². The highest BCUT2D eigenvalue weighted by molar-refractivity contribution is 5.91. The second kappa shape index (κ2) is 5.45. The molecule has 128 valence electrons. The van der Waals surface area contributed by atoms with Crippen LogP contribution in [0.2, 0.25) is 0 Å². The molecule has 0 N–H and O–H groups in total. The molecule has 0 saturated heterocycles. The van der Waals surface area contributed by atoms with Crippen molar-refractivity contribution in [3.05, 3.63) is 60.6 Å². The number of anilines is 1. The van der Waals surface area contributed by atoms with Crippen LogP contribution in [0.1, 0.15) is 5.69 Å². The molecule has 0 radical (unpaired) electrons. The summed E-state index contributed by atoms with van der Waals surface area (Å²) >= 11 is 0. The Labute approximate surface area is 148 Å². The second-order valence-corrected chi connectivity index (χ2v) is 5.94. The minimum Gasteiger partial charge on any atom is -0.452 e. The third-order valence-electron chi connectivity index (χ3n) is 4.50. The number of carbonyl (C=O) groups excluding carboxylic acids is 1. The Morgan fingerprint density at radius 2 is 1.88 bits per heavy atom. The fraction of sp³-hybridized carbons (Fsp3) is 0.105. The SMILES string of the molecule is COC(=O)N1Cc2c(-c3nc4ccccc4o3)ncn2-c2ccccc21. The van der Waals surface area contributed by atoms with Gasteiger partial charge in [0.15, 0.2) is 5.58 Å². The predicted molar refractivity (Wildman–Crippen MR) is 95.2 cm³/mol. The van der Waals surface area contributed by atoms with Gasteiger partial charge in [-0.25, -0.2) is 14.8 Å². The average Bonchev–Trinajstić information content (AvgIpc) is 3.30. The molecule has 0 spiro atoms. The predicted octanol–water partition coefficient (Wildman–Crippen LogP) is 3.77. The monoisotopic (exact) mass is 346 g/mol. The minimum atomic E-state index is -0.423. The number of fused-ring (bicyclic) bond motifs is 4. The molecule has 0 aliphatic carbocycles. The van der Waals surface area contributed by atoms with Crippen molar-refractivity contribution in [2.45, 2.75) is 6.54 Å². The van der Waals surface area contributed by atoms with Gasteiger partial charge in [-0.15, -0.1) is 0 Å². The summed E-state index contributed by atoms with van der Waals surface area (Å²) in [6.07, 6.45) is 1.31. The third kappa shape index (κ3) is 2.03. The number of para-hydroxylation sites is 4. The molecule has 2 aromatic carbocycles. The van der Waals surface area contributed by atoms with E-state index in [9.17, 15) is 4.79 Å². The van der Waals surface area contributed by atoms with E-state index in [1.165, 1.54) is 7.11 Å². The van der Waals surface area contributed by atoms with Gasteiger partial charge in [0.1, 0.15) is 17.5 Å². The summed E-state index contributed by atoms with van der Waals surface area (Å²) in [6, 6.07) is 15.2. The molecule has 7 nitrogen and oxygen atoms in total. The number of imidazole rings is 1. The first-order valence-electron chi connectivity index (χ1n) is 8.13. The van der Waals surface area contributed by atoms with Gasteiger partial charge in [0.2, 0.25) is 5.89 Å². The van der Waals surface area contributed by atoms with Crippen LogP contribution < -0.4 is 4.90 Å². The fourth-order valence-electron chi connectivity index (χ4n) is 3.29. The van der Waals surface area contributed by atoms with E-state index in [4.69, 9.17) is 9.15 Å². The van der Waals surface area contributed by atoms with Crippen molar-refractivity contribution in [1.29, 1.82) is 0 Å². The Balaban J connectivity index is 1.70. The molecule has 5 rings (SSSR count). The normalized spacial score (nSPS) is 12.7. The number of hydrogen-bond donors (Lipinski definition) is 0. The van der Waals surface area contributed by atoms with Crippen LogP contribution in [0.15, 0.2) is 59.3 Å². The Morgan fingerprint density at radius 3 is 2.69 bits per heavy atom. The molecular formula is C19H14N4O3. The molecule has 2 aromatic heterocycles. The van der Waals surface area contributed by atoms with Crippen LogP contribution in [0.3, 0.4) is 0 Å². The Hall–Kier alpha value is -3.61. The zero-order chi connectivity index (χ0) is 17.7. The van der Waals surface area contributed by atoms with Crippen LogP contribution in [0.4, 0.5) is 10.5 Å². The molecule has 0 unspecified atom stereocenters. The van der Waals surface area contributed by atoms with Crippen LogP contribution in [0, 0.1) is 0 Å². The maximum absolute atomic E-state index is 12.3. The number of oxazole rings is 1. The van der Waals surface area contributed by atoms with E-state index in [2.05, 4.69) is 9.97 Å². The van der Waals surface area contributed by atoms with Crippen LogP contribution in [0.5, 0.6) is 0 Å². The molecule has 1 aliphatic heterocycles. The van der Waals surface area contributed by atoms with Gasteiger partial charge < -0.3 is 9.15 Å². The summed E-state index contributed by atoms with van der Waals surface area (Å²) in [4.78, 5) is 22.9. The van der Waals surface area contributed by atoms with Gasteiger partial charge in [-0.05, 0) is 24.3 Å². The Bertz CT molecular complexity index is 1110. The van der Waals surface area contributed by atoms with Crippen LogP contribution in [-0.2, 0) is 11.3 Å². The molecule has 0 fully saturated rings. The lowest BCUT2D eigenvalue weighted by Gasteiger charge is -2.29. The van der Waals surface area contributed by atoms with E-state index >= 15 is 0 Å². The van der Waals surface area contributed by atoms with Crippen molar-refractivity contribution >= 4 is 22.9 Å². The Kier molecular flexibility index (Phi) is 3.08. The third-order valence-corrected chi connectivity index (χ3v) is 4.50. The molecule has 0 bridgehead atoms.